The summed E-state index contributed by atoms with van der Waals surface area (Å²) in [6.45, 7) is 16.5. The maximum atomic E-state index is 6.97. The van der Waals surface area contributed by atoms with Crippen molar-refractivity contribution in [2.24, 2.45) is 17.8 Å². The molecule has 0 amide bonds. The van der Waals surface area contributed by atoms with Crippen LogP contribution in [-0.2, 0) is 15.0 Å². The topological polar surface area (TPSA) is 12.0 Å². The van der Waals surface area contributed by atoms with Gasteiger partial charge in [-0.15, -0.1) is 0 Å². The zero-order chi connectivity index (χ0) is 17.6. The Balaban J connectivity index is 2.62. The number of rotatable bonds is 3. The standard InChI is InChI=1S/C18H32NSi.2ClH.Ti/c1-13-12-20(16-10-8-9-11-16)18(7,15(3)14(13)2)19-17(4,5)6;;;/h8-10,13-15,19H,11-12H2,1-7H3;2*1H;/q;;;+2/p-2. The van der Waals surface area contributed by atoms with Crippen molar-refractivity contribution in [2.45, 2.75) is 71.6 Å². The molecule has 5 atom stereocenters. The average Bonchev–Trinajstić information content (AvgIpc) is 2.93. The number of halogens is 2. The molecule has 1 saturated heterocycles. The fourth-order valence-electron chi connectivity index (χ4n) is 4.91. The number of hydrogen-bond acceptors (Lipinski definition) is 1. The van der Waals surface area contributed by atoms with Crippen molar-refractivity contribution in [3.05, 3.63) is 23.4 Å². The van der Waals surface area contributed by atoms with Crippen LogP contribution in [0.4, 0.5) is 0 Å². The molecule has 1 N–H and O–H groups in total. The van der Waals surface area contributed by atoms with E-state index < -0.39 is 20.9 Å². The first-order chi connectivity index (χ1) is 10.5. The van der Waals surface area contributed by atoms with Gasteiger partial charge >= 0.3 is 158 Å². The molecule has 0 radical (unpaired) electrons. The van der Waals surface area contributed by atoms with Crippen LogP contribution in [0.5, 0.6) is 0 Å². The summed E-state index contributed by atoms with van der Waals surface area (Å²) in [5, 5.41) is 5.71. The molecule has 0 spiro atoms. The van der Waals surface area contributed by atoms with Gasteiger partial charge in [0.15, 0.2) is 0 Å². The monoisotopic (exact) mass is 408 g/mol. The Morgan fingerprint density at radius 3 is 2.30 bits per heavy atom. The Hall–Kier alpha value is 0.951. The predicted octanol–water partition coefficient (Wildman–Crippen LogP) is 5.89. The summed E-state index contributed by atoms with van der Waals surface area (Å²) < 4.78 is 0. The normalized spacial score (nSPS) is 41.1. The van der Waals surface area contributed by atoms with Gasteiger partial charge in [-0.2, -0.15) is 0 Å². The van der Waals surface area contributed by atoms with Gasteiger partial charge in [-0.3, -0.25) is 0 Å². The Kier molecular flexibility index (Phi) is 6.11. The first-order valence-corrected chi connectivity index (χ1v) is 17.6. The third-order valence-electron chi connectivity index (χ3n) is 6.39. The fourth-order valence-corrected chi connectivity index (χ4v) is 28.1. The molecule has 0 aromatic carbocycles. The molecule has 1 aliphatic carbocycles. The van der Waals surface area contributed by atoms with Gasteiger partial charge in [0.1, 0.15) is 0 Å². The minimum atomic E-state index is -2.16. The van der Waals surface area contributed by atoms with Gasteiger partial charge in [-0.05, 0) is 0 Å². The number of nitrogens with one attached hydrogen (secondary N) is 1. The number of allylic oxidation sites excluding steroid dienone is 4. The average molecular weight is 409 g/mol. The van der Waals surface area contributed by atoms with Crippen LogP contribution in [0.15, 0.2) is 23.4 Å². The van der Waals surface area contributed by atoms with E-state index in [0.717, 1.165) is 6.42 Å². The minimum absolute atomic E-state index is 0.0634. The van der Waals surface area contributed by atoms with Crippen molar-refractivity contribution >= 4 is 24.6 Å². The second-order valence-electron chi connectivity index (χ2n) is 8.90. The molecular formula is C18H32Cl2NSiTi. The van der Waals surface area contributed by atoms with Crippen molar-refractivity contribution in [3.63, 3.8) is 0 Å². The Morgan fingerprint density at radius 2 is 1.87 bits per heavy atom. The Bertz CT molecular complexity index is 514. The Labute approximate surface area is 157 Å². The van der Waals surface area contributed by atoms with Crippen LogP contribution in [0.3, 0.4) is 0 Å². The van der Waals surface area contributed by atoms with Crippen LogP contribution in [-0.4, -0.2) is 16.6 Å². The quantitative estimate of drug-likeness (QED) is 0.573. The molecule has 23 heavy (non-hydrogen) atoms. The fraction of sp³-hybridized carbons (Fsp3) is 0.778. The van der Waals surface area contributed by atoms with E-state index in [9.17, 15) is 0 Å². The van der Waals surface area contributed by atoms with Gasteiger partial charge in [-0.25, -0.2) is 0 Å². The molecule has 1 heterocycles. The van der Waals surface area contributed by atoms with Crippen LogP contribution in [0.1, 0.15) is 54.9 Å². The zero-order valence-corrected chi connectivity index (χ0v) is 19.7. The van der Waals surface area contributed by atoms with Crippen LogP contribution in [0, 0.1) is 17.8 Å². The molecular weight excluding hydrogens is 377 g/mol. The summed E-state index contributed by atoms with van der Waals surface area (Å²) >= 11 is -2.16. The molecule has 0 bridgehead atoms. The van der Waals surface area contributed by atoms with Gasteiger partial charge in [0, 0.05) is 0 Å². The summed E-state index contributed by atoms with van der Waals surface area (Å²) in [5.41, 5.74) is 0.0652. The maximum absolute atomic E-state index is 6.97. The van der Waals surface area contributed by atoms with Crippen LogP contribution in [0.25, 0.3) is 0 Å². The molecule has 5 unspecified atom stereocenters. The van der Waals surface area contributed by atoms with E-state index in [4.69, 9.17) is 18.6 Å². The van der Waals surface area contributed by atoms with E-state index in [2.05, 4.69) is 72.0 Å². The zero-order valence-electron chi connectivity index (χ0n) is 15.6. The molecule has 1 aliphatic heterocycles. The first kappa shape index (κ1) is 20.3. The number of hydrogen-bond donors (Lipinski definition) is 1. The summed E-state index contributed by atoms with van der Waals surface area (Å²) in [6, 6.07) is 1.24. The van der Waals surface area contributed by atoms with Crippen LogP contribution < -0.4 is 5.32 Å². The molecule has 2 rings (SSSR count). The second kappa shape index (κ2) is 6.93. The molecule has 1 fully saturated rings. The van der Waals surface area contributed by atoms with Crippen molar-refractivity contribution in [1.82, 2.24) is 5.32 Å². The molecule has 2 aliphatic rings. The van der Waals surface area contributed by atoms with Crippen molar-refractivity contribution in [1.29, 1.82) is 0 Å². The molecule has 131 valence electrons. The third-order valence-corrected chi connectivity index (χ3v) is 28.0. The van der Waals surface area contributed by atoms with E-state index in [1.54, 1.807) is 5.20 Å². The van der Waals surface area contributed by atoms with Gasteiger partial charge in [0.05, 0.1) is 0 Å². The summed E-state index contributed by atoms with van der Waals surface area (Å²) in [7, 11) is 13.9. The summed E-state index contributed by atoms with van der Waals surface area (Å²) in [4.78, 5) is 0. The molecule has 0 aromatic rings. The Morgan fingerprint density at radius 1 is 1.26 bits per heavy atom. The first-order valence-electron chi connectivity index (χ1n) is 8.79. The van der Waals surface area contributed by atoms with E-state index in [-0.39, 0.29) is 10.7 Å². The van der Waals surface area contributed by atoms with Gasteiger partial charge < -0.3 is 0 Å². The van der Waals surface area contributed by atoms with E-state index >= 15 is 0 Å². The molecule has 1 nitrogen and oxygen atoms in total. The molecule has 0 aromatic heterocycles. The van der Waals surface area contributed by atoms with Crippen molar-refractivity contribution < 1.29 is 15.0 Å². The van der Waals surface area contributed by atoms with Gasteiger partial charge in [0.25, 0.3) is 0 Å². The summed E-state index contributed by atoms with van der Waals surface area (Å²) in [6.07, 6.45) is 7.91. The predicted molar refractivity (Wildman–Crippen MR) is 103 cm³/mol. The van der Waals surface area contributed by atoms with Crippen molar-refractivity contribution in [3.8, 4) is 0 Å². The summed E-state index contributed by atoms with van der Waals surface area (Å²) in [5.74, 6) is 0.00162. The second-order valence-corrected chi connectivity index (χ2v) is 26.2. The SMILES string of the molecule is CC1C[Si](C2=CC=CC2)([Ti]([Cl])[Cl])C(C)(NC(C)(C)C)C(C)C1C. The van der Waals surface area contributed by atoms with Gasteiger partial charge in [0.2, 0.25) is 0 Å². The van der Waals surface area contributed by atoms with Crippen LogP contribution in [0.2, 0.25) is 6.04 Å². The third kappa shape index (κ3) is 3.46. The molecule has 5 heteroatoms. The van der Waals surface area contributed by atoms with E-state index in [1.165, 1.54) is 6.04 Å². The van der Waals surface area contributed by atoms with E-state index in [1.807, 2.05) is 0 Å². The molecule has 0 saturated carbocycles. The van der Waals surface area contributed by atoms with Gasteiger partial charge in [-0.1, -0.05) is 0 Å². The van der Waals surface area contributed by atoms with Crippen LogP contribution >= 0.6 is 18.6 Å². The van der Waals surface area contributed by atoms with Crippen molar-refractivity contribution in [2.75, 3.05) is 0 Å². The van der Waals surface area contributed by atoms with E-state index in [0.29, 0.717) is 17.8 Å².